The molecule has 0 radical (unpaired) electrons. The number of aryl methyl sites for hydroxylation is 1. The zero-order valence-corrected chi connectivity index (χ0v) is 19.7. The number of hydrogen-bond acceptors (Lipinski definition) is 4. The minimum atomic E-state index is -0.896. The highest BCUT2D eigenvalue weighted by molar-refractivity contribution is 7.99. The van der Waals surface area contributed by atoms with E-state index in [1.165, 1.54) is 6.07 Å². The van der Waals surface area contributed by atoms with E-state index in [0.717, 1.165) is 39.2 Å². The molecular weight excluding hydrogens is 456 g/mol. The average Bonchev–Trinajstić information content (AvgIpc) is 2.80. The Labute approximate surface area is 199 Å². The van der Waals surface area contributed by atoms with E-state index >= 15 is 0 Å². The number of amides is 1. The van der Waals surface area contributed by atoms with Gasteiger partial charge in [0, 0.05) is 11.8 Å². The molecule has 1 aromatic heterocycles. The summed E-state index contributed by atoms with van der Waals surface area (Å²) in [4.78, 5) is 30.6. The van der Waals surface area contributed by atoms with Crippen LogP contribution in [0.4, 0.5) is 14.5 Å². The molecule has 1 heterocycles. The van der Waals surface area contributed by atoms with Gasteiger partial charge >= 0.3 is 0 Å². The van der Waals surface area contributed by atoms with Gasteiger partial charge in [0.1, 0.15) is 11.6 Å². The van der Waals surface area contributed by atoms with Gasteiger partial charge in [-0.1, -0.05) is 55.9 Å². The van der Waals surface area contributed by atoms with Crippen LogP contribution in [0.15, 0.2) is 70.6 Å². The fraction of sp³-hybridized carbons (Fsp3) is 0.192. The van der Waals surface area contributed by atoms with Crippen LogP contribution >= 0.6 is 11.8 Å². The van der Waals surface area contributed by atoms with Crippen LogP contribution in [0.3, 0.4) is 0 Å². The SMILES string of the molecule is Cc1cccc(C(C)C)c1NC(=O)CSc1nc2ccccc2c(=O)n1-c1ccc(F)cc1F. The Bertz CT molecular complexity index is 1450. The van der Waals surface area contributed by atoms with Crippen molar-refractivity contribution in [3.63, 3.8) is 0 Å². The Morgan fingerprint density at radius 3 is 2.59 bits per heavy atom. The number of nitrogens with one attached hydrogen (secondary N) is 1. The molecule has 0 spiro atoms. The van der Waals surface area contributed by atoms with Gasteiger partial charge in [-0.05, 0) is 48.2 Å². The Morgan fingerprint density at radius 2 is 1.85 bits per heavy atom. The minimum absolute atomic E-state index is 0.0561. The van der Waals surface area contributed by atoms with E-state index in [4.69, 9.17) is 0 Å². The van der Waals surface area contributed by atoms with Gasteiger partial charge in [0.2, 0.25) is 5.91 Å². The molecule has 0 aliphatic carbocycles. The van der Waals surface area contributed by atoms with E-state index in [-0.39, 0.29) is 28.4 Å². The molecule has 5 nitrogen and oxygen atoms in total. The lowest BCUT2D eigenvalue weighted by atomic mass is 9.98. The summed E-state index contributed by atoms with van der Waals surface area (Å²) in [5.74, 6) is -1.77. The van der Waals surface area contributed by atoms with Crippen molar-refractivity contribution in [2.75, 3.05) is 11.1 Å². The molecule has 0 atom stereocenters. The van der Waals surface area contributed by atoms with Crippen LogP contribution in [0.25, 0.3) is 16.6 Å². The van der Waals surface area contributed by atoms with Crippen LogP contribution < -0.4 is 10.9 Å². The first-order valence-electron chi connectivity index (χ1n) is 10.8. The third-order valence-corrected chi connectivity index (χ3v) is 6.36. The maximum absolute atomic E-state index is 14.6. The number of para-hydroxylation sites is 2. The highest BCUT2D eigenvalue weighted by Crippen LogP contribution is 2.28. The van der Waals surface area contributed by atoms with Gasteiger partial charge in [-0.15, -0.1) is 0 Å². The number of rotatable bonds is 6. The summed E-state index contributed by atoms with van der Waals surface area (Å²) in [5.41, 5.74) is 2.52. The van der Waals surface area contributed by atoms with Crippen molar-refractivity contribution in [2.24, 2.45) is 0 Å². The van der Waals surface area contributed by atoms with Gasteiger partial charge in [-0.3, -0.25) is 14.2 Å². The van der Waals surface area contributed by atoms with Crippen LogP contribution in [-0.4, -0.2) is 21.2 Å². The van der Waals surface area contributed by atoms with Crippen LogP contribution in [0.5, 0.6) is 0 Å². The predicted molar refractivity (Wildman–Crippen MR) is 132 cm³/mol. The number of aromatic nitrogens is 2. The van der Waals surface area contributed by atoms with Gasteiger partial charge in [0.25, 0.3) is 5.56 Å². The second-order valence-corrected chi connectivity index (χ2v) is 9.12. The monoisotopic (exact) mass is 479 g/mol. The molecule has 0 unspecified atom stereocenters. The number of carbonyl (C=O) groups excluding carboxylic acids is 1. The second kappa shape index (κ2) is 9.77. The number of thioether (sulfide) groups is 1. The quantitative estimate of drug-likeness (QED) is 0.279. The summed E-state index contributed by atoms with van der Waals surface area (Å²) in [5, 5.41) is 3.39. The first kappa shape index (κ1) is 23.6. The predicted octanol–water partition coefficient (Wildman–Crippen LogP) is 5.83. The van der Waals surface area contributed by atoms with Crippen LogP contribution in [0.2, 0.25) is 0 Å². The third kappa shape index (κ3) is 4.72. The number of nitrogens with zero attached hydrogens (tertiary/aromatic N) is 2. The largest absolute Gasteiger partial charge is 0.325 e. The number of carbonyl (C=O) groups is 1. The molecule has 1 amide bonds. The molecule has 8 heteroatoms. The molecule has 174 valence electrons. The second-order valence-electron chi connectivity index (χ2n) is 8.18. The van der Waals surface area contributed by atoms with Crippen LogP contribution in [0.1, 0.15) is 30.9 Å². The number of hydrogen-bond donors (Lipinski definition) is 1. The molecular formula is C26H23F2N3O2S. The molecule has 0 bridgehead atoms. The Hall–Kier alpha value is -3.52. The zero-order valence-electron chi connectivity index (χ0n) is 18.9. The van der Waals surface area contributed by atoms with Gasteiger partial charge in [-0.25, -0.2) is 13.8 Å². The highest BCUT2D eigenvalue weighted by Gasteiger charge is 2.18. The van der Waals surface area contributed by atoms with E-state index < -0.39 is 17.2 Å². The normalized spacial score (nSPS) is 11.2. The number of halogens is 2. The molecule has 0 aliphatic rings. The van der Waals surface area contributed by atoms with Crippen molar-refractivity contribution in [2.45, 2.75) is 31.8 Å². The maximum Gasteiger partial charge on any atom is 0.266 e. The van der Waals surface area contributed by atoms with Crippen molar-refractivity contribution in [3.8, 4) is 5.69 Å². The average molecular weight is 480 g/mol. The first-order valence-corrected chi connectivity index (χ1v) is 11.7. The van der Waals surface area contributed by atoms with Crippen molar-refractivity contribution >= 4 is 34.3 Å². The van der Waals surface area contributed by atoms with Crippen molar-refractivity contribution < 1.29 is 13.6 Å². The molecule has 0 saturated carbocycles. The highest BCUT2D eigenvalue weighted by atomic mass is 32.2. The number of benzene rings is 3. The number of fused-ring (bicyclic) bond motifs is 1. The maximum atomic E-state index is 14.6. The molecule has 3 aromatic carbocycles. The minimum Gasteiger partial charge on any atom is -0.325 e. The van der Waals surface area contributed by atoms with Crippen LogP contribution in [0, 0.1) is 18.6 Å². The Balaban J connectivity index is 1.70. The third-order valence-electron chi connectivity index (χ3n) is 5.42. The lowest BCUT2D eigenvalue weighted by molar-refractivity contribution is -0.113. The molecule has 0 saturated heterocycles. The van der Waals surface area contributed by atoms with Crippen molar-refractivity contribution in [1.82, 2.24) is 9.55 Å². The van der Waals surface area contributed by atoms with Crippen molar-refractivity contribution in [3.05, 3.63) is 93.8 Å². The van der Waals surface area contributed by atoms with Crippen LogP contribution in [-0.2, 0) is 4.79 Å². The summed E-state index contributed by atoms with van der Waals surface area (Å²) in [6.07, 6.45) is 0. The lowest BCUT2D eigenvalue weighted by Gasteiger charge is -2.17. The zero-order chi connectivity index (χ0) is 24.4. The first-order chi connectivity index (χ1) is 16.3. The van der Waals surface area contributed by atoms with Gasteiger partial charge < -0.3 is 5.32 Å². The molecule has 0 fully saturated rings. The van der Waals surface area contributed by atoms with Gasteiger partial charge in [0.05, 0.1) is 22.3 Å². The molecule has 1 N–H and O–H groups in total. The standard InChI is InChI=1S/C26H23F2N3O2S/c1-15(2)18-9-6-7-16(3)24(18)30-23(32)14-34-26-29-21-10-5-4-8-19(21)25(33)31(26)22-12-11-17(27)13-20(22)28/h4-13,15H,14H2,1-3H3,(H,30,32). The van der Waals surface area contributed by atoms with Gasteiger partial charge in [-0.2, -0.15) is 0 Å². The lowest BCUT2D eigenvalue weighted by Crippen LogP contribution is -2.24. The molecule has 0 aliphatic heterocycles. The topological polar surface area (TPSA) is 64.0 Å². The Kier molecular flexibility index (Phi) is 6.79. The van der Waals surface area contributed by atoms with E-state index in [2.05, 4.69) is 10.3 Å². The van der Waals surface area contributed by atoms with E-state index in [0.29, 0.717) is 17.0 Å². The fourth-order valence-electron chi connectivity index (χ4n) is 3.73. The molecule has 34 heavy (non-hydrogen) atoms. The van der Waals surface area contributed by atoms with E-state index in [9.17, 15) is 18.4 Å². The summed E-state index contributed by atoms with van der Waals surface area (Å²) in [6.45, 7) is 6.02. The molecule has 4 aromatic rings. The fourth-order valence-corrected chi connectivity index (χ4v) is 4.54. The summed E-state index contributed by atoms with van der Waals surface area (Å²) >= 11 is 1.01. The van der Waals surface area contributed by atoms with Gasteiger partial charge in [0.15, 0.2) is 5.16 Å². The summed E-state index contributed by atoms with van der Waals surface area (Å²) < 4.78 is 29.2. The Morgan fingerprint density at radius 1 is 1.09 bits per heavy atom. The summed E-state index contributed by atoms with van der Waals surface area (Å²) in [7, 11) is 0. The smallest absolute Gasteiger partial charge is 0.266 e. The summed E-state index contributed by atoms with van der Waals surface area (Å²) in [6, 6.07) is 15.5. The molecule has 4 rings (SSSR count). The van der Waals surface area contributed by atoms with Crippen molar-refractivity contribution in [1.29, 1.82) is 0 Å². The number of anilines is 1. The van der Waals surface area contributed by atoms with E-state index in [1.54, 1.807) is 24.3 Å². The van der Waals surface area contributed by atoms with E-state index in [1.807, 2.05) is 39.0 Å².